The molecule has 0 fully saturated rings. The van der Waals surface area contributed by atoms with Gasteiger partial charge in [0.25, 0.3) is 0 Å². The van der Waals surface area contributed by atoms with Crippen LogP contribution in [-0.2, 0) is 28.6 Å². The van der Waals surface area contributed by atoms with Gasteiger partial charge in [-0.1, -0.05) is 350 Å². The average molecular weight is 1140 g/mol. The van der Waals surface area contributed by atoms with Crippen LogP contribution in [-0.4, -0.2) is 37.2 Å². The van der Waals surface area contributed by atoms with E-state index in [0.717, 1.165) is 116 Å². The molecule has 0 spiro atoms. The molecule has 0 bridgehead atoms. The molecule has 1 unspecified atom stereocenters. The fourth-order valence-corrected chi connectivity index (χ4v) is 10.4. The first kappa shape index (κ1) is 78.6. The molecule has 0 N–H and O–H groups in total. The number of ether oxygens (including phenoxy) is 3. The third-order valence-electron chi connectivity index (χ3n) is 15.7. The lowest BCUT2D eigenvalue weighted by Crippen LogP contribution is -2.30. The molecule has 0 aromatic heterocycles. The van der Waals surface area contributed by atoms with Crippen LogP contribution in [0.25, 0.3) is 0 Å². The number of carbonyl (C=O) groups excluding carboxylic acids is 3. The molecule has 0 heterocycles. The summed E-state index contributed by atoms with van der Waals surface area (Å²) < 4.78 is 16.8. The lowest BCUT2D eigenvalue weighted by atomic mass is 10.0. The molecule has 0 aromatic rings. The quantitative estimate of drug-likeness (QED) is 0.0261. The number of hydrogen-bond acceptors (Lipinski definition) is 6. The molecule has 6 nitrogen and oxygen atoms in total. The summed E-state index contributed by atoms with van der Waals surface area (Å²) in [6.45, 7) is 6.49. The highest BCUT2D eigenvalue weighted by molar-refractivity contribution is 5.71. The van der Waals surface area contributed by atoms with Crippen molar-refractivity contribution in [2.75, 3.05) is 13.2 Å². The van der Waals surface area contributed by atoms with Gasteiger partial charge in [0.15, 0.2) is 6.10 Å². The Labute approximate surface area is 509 Å². The molecule has 0 amide bonds. The summed E-state index contributed by atoms with van der Waals surface area (Å²) in [6, 6.07) is 0. The van der Waals surface area contributed by atoms with Gasteiger partial charge in [-0.2, -0.15) is 0 Å². The van der Waals surface area contributed by atoms with Crippen molar-refractivity contribution in [3.05, 3.63) is 85.1 Å². The highest BCUT2D eigenvalue weighted by Crippen LogP contribution is 2.18. The summed E-state index contributed by atoms with van der Waals surface area (Å²) in [5, 5.41) is 0. The summed E-state index contributed by atoms with van der Waals surface area (Å²) in [6.07, 6.45) is 93.9. The number of hydrogen-bond donors (Lipinski definition) is 0. The first-order valence-electron chi connectivity index (χ1n) is 35.6. The van der Waals surface area contributed by atoms with E-state index in [1.807, 2.05) is 0 Å². The predicted molar refractivity (Wildman–Crippen MR) is 358 cm³/mol. The van der Waals surface area contributed by atoms with Crippen LogP contribution in [0, 0.1) is 0 Å². The molecule has 82 heavy (non-hydrogen) atoms. The Kier molecular flexibility index (Phi) is 67.2. The molecule has 0 saturated heterocycles. The van der Waals surface area contributed by atoms with Gasteiger partial charge in [0.1, 0.15) is 13.2 Å². The Morgan fingerprint density at radius 1 is 0.256 bits per heavy atom. The van der Waals surface area contributed by atoms with Gasteiger partial charge in [0.05, 0.1) is 0 Å². The Hall–Kier alpha value is -3.41. The molecule has 6 heteroatoms. The van der Waals surface area contributed by atoms with Crippen LogP contribution in [0.4, 0.5) is 0 Å². The molecule has 0 aliphatic rings. The summed E-state index contributed by atoms with van der Waals surface area (Å²) in [7, 11) is 0. The molecule has 0 aliphatic carbocycles. The Morgan fingerprint density at radius 3 is 0.744 bits per heavy atom. The van der Waals surface area contributed by atoms with Crippen LogP contribution >= 0.6 is 0 Å². The predicted octanol–water partition coefficient (Wildman–Crippen LogP) is 24.6. The molecule has 0 rings (SSSR count). The second-order valence-electron chi connectivity index (χ2n) is 23.8. The van der Waals surface area contributed by atoms with Gasteiger partial charge in [0, 0.05) is 19.3 Å². The summed E-state index contributed by atoms with van der Waals surface area (Å²) in [4.78, 5) is 38.0. The number of allylic oxidation sites excluding steroid dienone is 14. The van der Waals surface area contributed by atoms with Crippen LogP contribution in [0.3, 0.4) is 0 Å². The topological polar surface area (TPSA) is 78.9 Å². The zero-order valence-electron chi connectivity index (χ0n) is 54.5. The lowest BCUT2D eigenvalue weighted by molar-refractivity contribution is -0.167. The maximum absolute atomic E-state index is 12.9. The Balaban J connectivity index is 3.99. The largest absolute Gasteiger partial charge is 0.462 e. The minimum atomic E-state index is -0.774. The van der Waals surface area contributed by atoms with E-state index in [-0.39, 0.29) is 31.1 Å². The molecular weight excluding hydrogens is 1010 g/mol. The van der Waals surface area contributed by atoms with Gasteiger partial charge in [-0.15, -0.1) is 0 Å². The normalized spacial score (nSPS) is 12.6. The van der Waals surface area contributed by atoms with Gasteiger partial charge >= 0.3 is 17.9 Å². The van der Waals surface area contributed by atoms with Crippen molar-refractivity contribution in [3.63, 3.8) is 0 Å². The summed E-state index contributed by atoms with van der Waals surface area (Å²) in [5.41, 5.74) is 0. The zero-order chi connectivity index (χ0) is 59.2. The van der Waals surface area contributed by atoms with Crippen molar-refractivity contribution in [2.24, 2.45) is 0 Å². The second kappa shape index (κ2) is 70.1. The van der Waals surface area contributed by atoms with E-state index in [1.165, 1.54) is 205 Å². The van der Waals surface area contributed by atoms with Gasteiger partial charge in [-0.3, -0.25) is 14.4 Å². The van der Waals surface area contributed by atoms with E-state index in [9.17, 15) is 14.4 Å². The number of esters is 3. The second-order valence-corrected chi connectivity index (χ2v) is 23.8. The fraction of sp³-hybridized carbons (Fsp3) is 0.776. The average Bonchev–Trinajstić information content (AvgIpc) is 3.48. The highest BCUT2D eigenvalue weighted by Gasteiger charge is 2.19. The van der Waals surface area contributed by atoms with Gasteiger partial charge in [0.2, 0.25) is 0 Å². The monoisotopic (exact) mass is 1140 g/mol. The first-order chi connectivity index (χ1) is 40.5. The minimum absolute atomic E-state index is 0.0753. The first-order valence-corrected chi connectivity index (χ1v) is 35.6. The van der Waals surface area contributed by atoms with Crippen molar-refractivity contribution in [2.45, 2.75) is 367 Å². The Bertz CT molecular complexity index is 1550. The van der Waals surface area contributed by atoms with Crippen molar-refractivity contribution >= 4 is 17.9 Å². The highest BCUT2D eigenvalue weighted by atomic mass is 16.6. The van der Waals surface area contributed by atoms with Crippen molar-refractivity contribution in [1.82, 2.24) is 0 Å². The van der Waals surface area contributed by atoms with Crippen molar-refractivity contribution in [3.8, 4) is 0 Å². The van der Waals surface area contributed by atoms with E-state index in [2.05, 4.69) is 106 Å². The maximum Gasteiger partial charge on any atom is 0.306 e. The van der Waals surface area contributed by atoms with E-state index >= 15 is 0 Å². The van der Waals surface area contributed by atoms with Crippen LogP contribution < -0.4 is 0 Å². The van der Waals surface area contributed by atoms with Gasteiger partial charge in [-0.25, -0.2) is 0 Å². The van der Waals surface area contributed by atoms with Crippen LogP contribution in [0.2, 0.25) is 0 Å². The van der Waals surface area contributed by atoms with Crippen LogP contribution in [0.5, 0.6) is 0 Å². The van der Waals surface area contributed by atoms with E-state index in [0.29, 0.717) is 19.3 Å². The Morgan fingerprint density at radius 2 is 0.476 bits per heavy atom. The molecular formula is C76H134O6. The zero-order valence-corrected chi connectivity index (χ0v) is 54.5. The molecule has 0 aromatic carbocycles. The van der Waals surface area contributed by atoms with Crippen LogP contribution in [0.15, 0.2) is 85.1 Å². The number of rotatable bonds is 65. The van der Waals surface area contributed by atoms with Crippen molar-refractivity contribution in [1.29, 1.82) is 0 Å². The number of carbonyl (C=O) groups is 3. The SMILES string of the molecule is CC/C=C\C/C=C\C/C=C\C/C=C\C/C=C\C/C=C\C/C=C\CCCCCCCCCCCC(=O)OCC(COC(=O)CCCCCCC)OC(=O)CCCCCCCCCCCCCCCCCCCCCCCCCCCCCC. The fourth-order valence-electron chi connectivity index (χ4n) is 10.4. The summed E-state index contributed by atoms with van der Waals surface area (Å²) >= 11 is 0. The molecule has 0 radical (unpaired) electrons. The lowest BCUT2D eigenvalue weighted by Gasteiger charge is -2.18. The molecule has 1 atom stereocenters. The molecule has 0 aliphatic heterocycles. The smallest absolute Gasteiger partial charge is 0.306 e. The van der Waals surface area contributed by atoms with Crippen molar-refractivity contribution < 1.29 is 28.6 Å². The molecule has 474 valence electrons. The third kappa shape index (κ3) is 67.4. The molecule has 0 saturated carbocycles. The minimum Gasteiger partial charge on any atom is -0.462 e. The van der Waals surface area contributed by atoms with E-state index in [4.69, 9.17) is 14.2 Å². The van der Waals surface area contributed by atoms with Gasteiger partial charge in [-0.05, 0) is 77.0 Å². The van der Waals surface area contributed by atoms with E-state index in [1.54, 1.807) is 0 Å². The maximum atomic E-state index is 12.9. The number of unbranched alkanes of at least 4 members (excludes halogenated alkanes) is 40. The van der Waals surface area contributed by atoms with Gasteiger partial charge < -0.3 is 14.2 Å². The standard InChI is InChI=1S/C76H134O6/c1-4-7-10-13-15-17-19-21-23-25-27-29-31-33-35-37-38-39-41-42-44-46-48-50-52-54-56-58-60-63-66-69-75(78)81-72-73(71-80-74(77)68-65-62-12-9-6-3)82-76(79)70-67-64-61-59-57-55-53-51-49-47-45-43-40-36-34-32-30-28-26-24-22-20-18-16-14-11-8-5-2/h7,10,15,17,21,23,27,29,33,35,38-39,42,44,73H,4-6,8-9,11-14,16,18-20,22,24-26,28,30-32,34,36-37,40-41,43,45-72H2,1-3H3/b10-7-,17-15-,23-21-,29-27-,35-33-,39-38-,44-42-. The summed E-state index contributed by atoms with van der Waals surface area (Å²) in [5.74, 6) is -0.878. The van der Waals surface area contributed by atoms with E-state index < -0.39 is 6.10 Å². The third-order valence-corrected chi connectivity index (χ3v) is 15.7. The van der Waals surface area contributed by atoms with Crippen LogP contribution in [0.1, 0.15) is 361 Å².